The topological polar surface area (TPSA) is 63.1 Å². The van der Waals surface area contributed by atoms with Crippen molar-refractivity contribution in [2.45, 2.75) is 0 Å². The van der Waals surface area contributed by atoms with Gasteiger partial charge >= 0.3 is 5.97 Å². The molecule has 1 heterocycles. The van der Waals surface area contributed by atoms with Gasteiger partial charge < -0.3 is 5.11 Å². The highest BCUT2D eigenvalue weighted by Gasteiger charge is 2.04. The van der Waals surface area contributed by atoms with Crippen LogP contribution in [0.25, 0.3) is 12.2 Å². The number of aromatic carboxylic acids is 1. The van der Waals surface area contributed by atoms with Gasteiger partial charge in [-0.1, -0.05) is 36.4 Å². The van der Waals surface area contributed by atoms with E-state index in [1.54, 1.807) is 12.1 Å². The van der Waals surface area contributed by atoms with E-state index in [-0.39, 0.29) is 5.82 Å². The SMILES string of the molecule is O=C(O)c1nccc(/C=C/c2ccccc2)n1. The molecule has 0 spiro atoms. The van der Waals surface area contributed by atoms with Crippen molar-refractivity contribution >= 4 is 18.1 Å². The monoisotopic (exact) mass is 226 g/mol. The van der Waals surface area contributed by atoms with Gasteiger partial charge in [-0.2, -0.15) is 0 Å². The maximum absolute atomic E-state index is 10.7. The van der Waals surface area contributed by atoms with Gasteiger partial charge in [0.05, 0.1) is 5.69 Å². The van der Waals surface area contributed by atoms with Crippen molar-refractivity contribution in [1.29, 1.82) is 0 Å². The maximum atomic E-state index is 10.7. The summed E-state index contributed by atoms with van der Waals surface area (Å²) < 4.78 is 0. The van der Waals surface area contributed by atoms with E-state index in [1.165, 1.54) is 6.20 Å². The van der Waals surface area contributed by atoms with Crippen molar-refractivity contribution < 1.29 is 9.90 Å². The van der Waals surface area contributed by atoms with Crippen molar-refractivity contribution in [2.24, 2.45) is 0 Å². The fraction of sp³-hybridized carbons (Fsp3) is 0. The summed E-state index contributed by atoms with van der Waals surface area (Å²) in [5.41, 5.74) is 1.60. The van der Waals surface area contributed by atoms with Crippen molar-refractivity contribution in [1.82, 2.24) is 9.97 Å². The van der Waals surface area contributed by atoms with Crippen molar-refractivity contribution in [3.8, 4) is 0 Å². The Labute approximate surface area is 98.3 Å². The highest BCUT2D eigenvalue weighted by molar-refractivity contribution is 5.83. The van der Waals surface area contributed by atoms with E-state index in [1.807, 2.05) is 36.4 Å². The number of aromatic nitrogens is 2. The number of carbonyl (C=O) groups is 1. The molecule has 1 aromatic carbocycles. The van der Waals surface area contributed by atoms with Crippen molar-refractivity contribution in [3.63, 3.8) is 0 Å². The van der Waals surface area contributed by atoms with Crippen LogP contribution in [0.15, 0.2) is 42.6 Å². The second-order valence-electron chi connectivity index (χ2n) is 3.35. The Bertz CT molecular complexity index is 550. The Kier molecular flexibility index (Phi) is 3.25. The first kappa shape index (κ1) is 11.0. The zero-order chi connectivity index (χ0) is 12.1. The molecule has 0 saturated carbocycles. The Hall–Kier alpha value is -2.49. The Morgan fingerprint density at radius 1 is 1.12 bits per heavy atom. The van der Waals surface area contributed by atoms with Crippen LogP contribution >= 0.6 is 0 Å². The van der Waals surface area contributed by atoms with Crippen LogP contribution in [-0.4, -0.2) is 21.0 Å². The number of hydrogen-bond donors (Lipinski definition) is 1. The van der Waals surface area contributed by atoms with E-state index in [9.17, 15) is 4.79 Å². The van der Waals surface area contributed by atoms with E-state index < -0.39 is 5.97 Å². The van der Waals surface area contributed by atoms with Crippen LogP contribution in [0.5, 0.6) is 0 Å². The zero-order valence-electron chi connectivity index (χ0n) is 8.95. The largest absolute Gasteiger partial charge is 0.475 e. The molecule has 0 amide bonds. The van der Waals surface area contributed by atoms with Crippen LogP contribution in [0.1, 0.15) is 21.9 Å². The summed E-state index contributed by atoms with van der Waals surface area (Å²) >= 11 is 0. The summed E-state index contributed by atoms with van der Waals surface area (Å²) in [5.74, 6) is -1.32. The van der Waals surface area contributed by atoms with Gasteiger partial charge in [-0.15, -0.1) is 0 Å². The second kappa shape index (κ2) is 5.03. The quantitative estimate of drug-likeness (QED) is 0.872. The summed E-state index contributed by atoms with van der Waals surface area (Å²) in [7, 11) is 0. The maximum Gasteiger partial charge on any atom is 0.373 e. The number of carboxylic acid groups (broad SMARTS) is 1. The molecule has 0 radical (unpaired) electrons. The fourth-order valence-corrected chi connectivity index (χ4v) is 1.31. The molecule has 2 aromatic rings. The molecule has 0 aliphatic heterocycles. The molecule has 0 aliphatic rings. The van der Waals surface area contributed by atoms with E-state index in [0.29, 0.717) is 5.69 Å². The molecule has 1 aromatic heterocycles. The van der Waals surface area contributed by atoms with Crippen molar-refractivity contribution in [3.05, 3.63) is 59.7 Å². The lowest BCUT2D eigenvalue weighted by molar-refractivity contribution is 0.0683. The number of benzene rings is 1. The van der Waals surface area contributed by atoms with E-state index >= 15 is 0 Å². The predicted octanol–water partition coefficient (Wildman–Crippen LogP) is 2.35. The van der Waals surface area contributed by atoms with Crippen LogP contribution in [-0.2, 0) is 0 Å². The highest BCUT2D eigenvalue weighted by Crippen LogP contribution is 2.05. The summed E-state index contributed by atoms with van der Waals surface area (Å²) in [6.07, 6.45) is 5.05. The average Bonchev–Trinajstić information content (AvgIpc) is 2.38. The fourth-order valence-electron chi connectivity index (χ4n) is 1.31. The smallest absolute Gasteiger partial charge is 0.373 e. The Morgan fingerprint density at radius 2 is 1.88 bits per heavy atom. The molecule has 1 N–H and O–H groups in total. The van der Waals surface area contributed by atoms with Gasteiger partial charge in [0.15, 0.2) is 0 Å². The lowest BCUT2D eigenvalue weighted by atomic mass is 10.2. The van der Waals surface area contributed by atoms with Gasteiger partial charge in [-0.25, -0.2) is 14.8 Å². The van der Waals surface area contributed by atoms with Gasteiger partial charge in [0.25, 0.3) is 0 Å². The molecule has 17 heavy (non-hydrogen) atoms. The van der Waals surface area contributed by atoms with Crippen LogP contribution in [0.4, 0.5) is 0 Å². The summed E-state index contributed by atoms with van der Waals surface area (Å²) in [6.45, 7) is 0. The molecule has 0 bridgehead atoms. The second-order valence-corrected chi connectivity index (χ2v) is 3.35. The lowest BCUT2D eigenvalue weighted by Gasteiger charge is -1.95. The molecule has 4 nitrogen and oxygen atoms in total. The molecule has 0 fully saturated rings. The summed E-state index contributed by atoms with van der Waals surface area (Å²) in [6, 6.07) is 11.4. The first-order chi connectivity index (χ1) is 8.25. The van der Waals surface area contributed by atoms with Gasteiger partial charge in [-0.05, 0) is 17.7 Å². The first-order valence-electron chi connectivity index (χ1n) is 5.05. The molecule has 0 saturated heterocycles. The third-order valence-electron chi connectivity index (χ3n) is 2.11. The summed E-state index contributed by atoms with van der Waals surface area (Å²) in [4.78, 5) is 18.2. The minimum Gasteiger partial charge on any atom is -0.475 e. The molecule has 0 unspecified atom stereocenters. The van der Waals surface area contributed by atoms with E-state index in [4.69, 9.17) is 5.11 Å². The minimum atomic E-state index is -1.13. The standard InChI is InChI=1S/C13H10N2O2/c16-13(17)12-14-9-8-11(15-12)7-6-10-4-2-1-3-5-10/h1-9H,(H,16,17)/b7-6+. The molecule has 4 heteroatoms. The van der Waals surface area contributed by atoms with Crippen LogP contribution in [0, 0.1) is 0 Å². The van der Waals surface area contributed by atoms with Crippen LogP contribution in [0.3, 0.4) is 0 Å². The van der Waals surface area contributed by atoms with Gasteiger partial charge in [-0.3, -0.25) is 0 Å². The normalized spacial score (nSPS) is 10.6. The highest BCUT2D eigenvalue weighted by atomic mass is 16.4. The molecule has 2 rings (SSSR count). The van der Waals surface area contributed by atoms with E-state index in [0.717, 1.165) is 5.56 Å². The molecule has 84 valence electrons. The average molecular weight is 226 g/mol. The minimum absolute atomic E-state index is 0.194. The summed E-state index contributed by atoms with van der Waals surface area (Å²) in [5, 5.41) is 8.75. The molecular formula is C13H10N2O2. The lowest BCUT2D eigenvalue weighted by Crippen LogP contribution is -2.03. The van der Waals surface area contributed by atoms with Gasteiger partial charge in [0.1, 0.15) is 0 Å². The first-order valence-corrected chi connectivity index (χ1v) is 5.05. The third-order valence-corrected chi connectivity index (χ3v) is 2.11. The Balaban J connectivity index is 2.22. The zero-order valence-corrected chi connectivity index (χ0v) is 8.95. The molecule has 0 atom stereocenters. The van der Waals surface area contributed by atoms with Gasteiger partial charge in [0.2, 0.25) is 5.82 Å². The third kappa shape index (κ3) is 2.98. The Morgan fingerprint density at radius 3 is 2.59 bits per heavy atom. The number of carboxylic acids is 1. The van der Waals surface area contributed by atoms with Crippen molar-refractivity contribution in [2.75, 3.05) is 0 Å². The van der Waals surface area contributed by atoms with Crippen LogP contribution in [0.2, 0.25) is 0 Å². The van der Waals surface area contributed by atoms with Crippen LogP contribution < -0.4 is 0 Å². The molecule has 0 aliphatic carbocycles. The predicted molar refractivity (Wildman–Crippen MR) is 64.4 cm³/mol. The number of nitrogens with zero attached hydrogens (tertiary/aromatic N) is 2. The van der Waals surface area contributed by atoms with Gasteiger partial charge in [0, 0.05) is 6.20 Å². The number of hydrogen-bond acceptors (Lipinski definition) is 3. The molecular weight excluding hydrogens is 216 g/mol. The number of rotatable bonds is 3. The van der Waals surface area contributed by atoms with E-state index in [2.05, 4.69) is 9.97 Å².